The van der Waals surface area contributed by atoms with E-state index in [-0.39, 0.29) is 24.0 Å². The van der Waals surface area contributed by atoms with E-state index in [1.54, 1.807) is 0 Å². The van der Waals surface area contributed by atoms with E-state index >= 15 is 0 Å². The molecule has 6 nitrogen and oxygen atoms in total. The van der Waals surface area contributed by atoms with Crippen molar-refractivity contribution in [2.24, 2.45) is 10.9 Å². The Hall–Kier alpha value is -0.120. The fourth-order valence-electron chi connectivity index (χ4n) is 4.56. The van der Waals surface area contributed by atoms with Gasteiger partial charge in [-0.05, 0) is 38.3 Å². The molecule has 3 aliphatic rings. The molecule has 7 heteroatoms. The monoisotopic (exact) mass is 479 g/mol. The molecule has 3 heterocycles. The lowest BCUT2D eigenvalue weighted by Gasteiger charge is -2.33. The van der Waals surface area contributed by atoms with Crippen LogP contribution in [-0.2, 0) is 4.74 Å². The van der Waals surface area contributed by atoms with Gasteiger partial charge in [0.15, 0.2) is 5.96 Å². The summed E-state index contributed by atoms with van der Waals surface area (Å²) in [6.07, 6.45) is 3.94. The number of halogens is 1. The van der Waals surface area contributed by atoms with E-state index in [4.69, 9.17) is 4.74 Å². The highest BCUT2D eigenvalue weighted by Gasteiger charge is 2.31. The zero-order valence-corrected chi connectivity index (χ0v) is 19.2. The molecular weight excluding hydrogens is 441 g/mol. The third-order valence-corrected chi connectivity index (χ3v) is 6.09. The number of rotatable bonds is 5. The number of aliphatic imine (C=N–C) groups is 1. The highest BCUT2D eigenvalue weighted by molar-refractivity contribution is 14.0. The van der Waals surface area contributed by atoms with E-state index in [1.165, 1.54) is 32.4 Å². The second kappa shape index (κ2) is 11.0. The van der Waals surface area contributed by atoms with Crippen molar-refractivity contribution in [1.82, 2.24) is 20.0 Å². The summed E-state index contributed by atoms with van der Waals surface area (Å²) in [4.78, 5) is 12.3. The summed E-state index contributed by atoms with van der Waals surface area (Å²) in [5, 5.41) is 3.68. The zero-order chi connectivity index (χ0) is 17.6. The van der Waals surface area contributed by atoms with E-state index in [2.05, 4.69) is 38.9 Å². The lowest BCUT2D eigenvalue weighted by Crippen LogP contribution is -2.50. The van der Waals surface area contributed by atoms with Gasteiger partial charge in [-0.25, -0.2) is 0 Å². The lowest BCUT2D eigenvalue weighted by atomic mass is 10.0. The van der Waals surface area contributed by atoms with Gasteiger partial charge in [-0.15, -0.1) is 24.0 Å². The summed E-state index contributed by atoms with van der Waals surface area (Å²) in [7, 11) is 1.92. The van der Waals surface area contributed by atoms with Gasteiger partial charge in [-0.2, -0.15) is 0 Å². The van der Waals surface area contributed by atoms with Crippen molar-refractivity contribution in [2.45, 2.75) is 45.2 Å². The van der Waals surface area contributed by atoms with Crippen LogP contribution in [0.3, 0.4) is 0 Å². The number of likely N-dealkylation sites (tertiary alicyclic amines) is 2. The second-order valence-electron chi connectivity index (χ2n) is 8.02. The van der Waals surface area contributed by atoms with E-state index < -0.39 is 0 Å². The van der Waals surface area contributed by atoms with E-state index in [1.807, 2.05) is 7.05 Å². The van der Waals surface area contributed by atoms with Gasteiger partial charge in [0.05, 0.1) is 13.2 Å². The summed E-state index contributed by atoms with van der Waals surface area (Å²) >= 11 is 0. The Balaban J connectivity index is 0.00000243. The van der Waals surface area contributed by atoms with Crippen LogP contribution in [0.4, 0.5) is 0 Å². The first-order valence-electron chi connectivity index (χ1n) is 10.2. The molecule has 152 valence electrons. The number of hydrogen-bond donors (Lipinski definition) is 1. The molecule has 0 bridgehead atoms. The molecule has 0 radical (unpaired) electrons. The summed E-state index contributed by atoms with van der Waals surface area (Å²) in [5.41, 5.74) is 0. The first-order chi connectivity index (χ1) is 12.2. The Morgan fingerprint density at radius 1 is 1.12 bits per heavy atom. The molecule has 2 unspecified atom stereocenters. The van der Waals surface area contributed by atoms with Crippen molar-refractivity contribution in [3.63, 3.8) is 0 Å². The van der Waals surface area contributed by atoms with Crippen molar-refractivity contribution in [2.75, 3.05) is 66.1 Å². The molecule has 26 heavy (non-hydrogen) atoms. The van der Waals surface area contributed by atoms with Crippen molar-refractivity contribution >= 4 is 29.9 Å². The SMILES string of the molecule is CN=C(NCC(C(C)C)N1CCCC1)N1CCC(N2CCOCC2)C1.I. The molecule has 3 fully saturated rings. The zero-order valence-electron chi connectivity index (χ0n) is 16.8. The van der Waals surface area contributed by atoms with E-state index in [0.717, 1.165) is 51.9 Å². The predicted octanol–water partition coefficient (Wildman–Crippen LogP) is 1.71. The maximum absolute atomic E-state index is 5.49. The summed E-state index contributed by atoms with van der Waals surface area (Å²) in [6.45, 7) is 14.3. The van der Waals surface area contributed by atoms with Gasteiger partial charge in [-0.1, -0.05) is 13.8 Å². The highest BCUT2D eigenvalue weighted by Crippen LogP contribution is 2.19. The number of morpholine rings is 1. The van der Waals surface area contributed by atoms with Crippen LogP contribution in [0.2, 0.25) is 0 Å². The Morgan fingerprint density at radius 3 is 2.42 bits per heavy atom. The third-order valence-electron chi connectivity index (χ3n) is 6.09. The number of guanidine groups is 1. The average molecular weight is 479 g/mol. The highest BCUT2D eigenvalue weighted by atomic mass is 127. The van der Waals surface area contributed by atoms with Crippen LogP contribution in [-0.4, -0.2) is 98.8 Å². The van der Waals surface area contributed by atoms with Crippen LogP contribution in [0.25, 0.3) is 0 Å². The Labute approximate surface area is 176 Å². The first-order valence-corrected chi connectivity index (χ1v) is 10.2. The minimum absolute atomic E-state index is 0. The van der Waals surface area contributed by atoms with Crippen LogP contribution in [0, 0.1) is 5.92 Å². The van der Waals surface area contributed by atoms with Crippen LogP contribution in [0.15, 0.2) is 4.99 Å². The maximum atomic E-state index is 5.49. The van der Waals surface area contributed by atoms with Crippen LogP contribution in [0.1, 0.15) is 33.1 Å². The van der Waals surface area contributed by atoms with Gasteiger partial charge in [0, 0.05) is 51.9 Å². The van der Waals surface area contributed by atoms with Gasteiger partial charge in [-0.3, -0.25) is 14.8 Å². The standard InChI is InChI=1S/C19H37N5O.HI/c1-16(2)18(23-7-4-5-8-23)14-21-19(20-3)24-9-6-17(15-24)22-10-12-25-13-11-22;/h16-18H,4-15H2,1-3H3,(H,20,21);1H. The Morgan fingerprint density at radius 2 is 1.81 bits per heavy atom. The largest absolute Gasteiger partial charge is 0.379 e. The number of ether oxygens (including phenoxy) is 1. The molecule has 0 saturated carbocycles. The molecule has 0 aromatic heterocycles. The topological polar surface area (TPSA) is 43.3 Å². The molecule has 3 aliphatic heterocycles. The van der Waals surface area contributed by atoms with Crippen molar-refractivity contribution in [3.8, 4) is 0 Å². The maximum Gasteiger partial charge on any atom is 0.193 e. The lowest BCUT2D eigenvalue weighted by molar-refractivity contribution is 0.0194. The summed E-state index contributed by atoms with van der Waals surface area (Å²) in [5.74, 6) is 1.75. The summed E-state index contributed by atoms with van der Waals surface area (Å²) in [6, 6.07) is 1.26. The van der Waals surface area contributed by atoms with Crippen LogP contribution < -0.4 is 5.32 Å². The first kappa shape index (κ1) is 22.2. The molecule has 0 aromatic carbocycles. The predicted molar refractivity (Wildman–Crippen MR) is 119 cm³/mol. The number of hydrogen-bond acceptors (Lipinski definition) is 4. The molecule has 0 aliphatic carbocycles. The Kier molecular flexibility index (Phi) is 9.40. The smallest absolute Gasteiger partial charge is 0.193 e. The third kappa shape index (κ3) is 5.69. The van der Waals surface area contributed by atoms with Gasteiger partial charge >= 0.3 is 0 Å². The van der Waals surface area contributed by atoms with Gasteiger partial charge in [0.2, 0.25) is 0 Å². The molecule has 1 N–H and O–H groups in total. The van der Waals surface area contributed by atoms with Crippen molar-refractivity contribution < 1.29 is 4.74 Å². The average Bonchev–Trinajstić information content (AvgIpc) is 3.31. The molecule has 0 amide bonds. The molecule has 3 saturated heterocycles. The molecule has 2 atom stereocenters. The fraction of sp³-hybridized carbons (Fsp3) is 0.947. The van der Waals surface area contributed by atoms with Crippen molar-refractivity contribution in [1.29, 1.82) is 0 Å². The molecule has 0 spiro atoms. The molecular formula is C19H38IN5O. The summed E-state index contributed by atoms with van der Waals surface area (Å²) < 4.78 is 5.49. The Bertz CT molecular complexity index is 436. The minimum atomic E-state index is 0. The quantitative estimate of drug-likeness (QED) is 0.370. The van der Waals surface area contributed by atoms with E-state index in [0.29, 0.717) is 18.0 Å². The molecule has 0 aromatic rings. The fourth-order valence-corrected chi connectivity index (χ4v) is 4.56. The van der Waals surface area contributed by atoms with Gasteiger partial charge in [0.1, 0.15) is 0 Å². The minimum Gasteiger partial charge on any atom is -0.379 e. The molecule has 3 rings (SSSR count). The van der Waals surface area contributed by atoms with Gasteiger partial charge in [0.25, 0.3) is 0 Å². The van der Waals surface area contributed by atoms with Crippen molar-refractivity contribution in [3.05, 3.63) is 0 Å². The second-order valence-corrected chi connectivity index (χ2v) is 8.02. The van der Waals surface area contributed by atoms with Gasteiger partial charge < -0.3 is 15.0 Å². The van der Waals surface area contributed by atoms with E-state index in [9.17, 15) is 0 Å². The normalized spacial score (nSPS) is 27.0. The van der Waals surface area contributed by atoms with Crippen LogP contribution in [0.5, 0.6) is 0 Å². The number of nitrogens with zero attached hydrogens (tertiary/aromatic N) is 4. The number of nitrogens with one attached hydrogen (secondary N) is 1. The van der Waals surface area contributed by atoms with Crippen LogP contribution >= 0.6 is 24.0 Å².